The predicted molar refractivity (Wildman–Crippen MR) is 59.4 cm³/mol. The molecule has 1 aliphatic carbocycles. The molecule has 72 valence electrons. The van der Waals surface area contributed by atoms with Crippen LogP contribution in [0.15, 0.2) is 39.9 Å². The van der Waals surface area contributed by atoms with Crippen molar-refractivity contribution in [3.63, 3.8) is 0 Å². The topological polar surface area (TPSA) is 21.6 Å². The van der Waals surface area contributed by atoms with Crippen LogP contribution in [-0.4, -0.2) is 18.5 Å². The summed E-state index contributed by atoms with van der Waals surface area (Å²) >= 11 is 3.50. The smallest absolute Gasteiger partial charge is 0.155 e. The van der Waals surface area contributed by atoms with E-state index in [0.29, 0.717) is 11.8 Å². The van der Waals surface area contributed by atoms with E-state index in [9.17, 15) is 0 Å². The molecule has 0 spiro atoms. The van der Waals surface area contributed by atoms with E-state index in [1.165, 1.54) is 0 Å². The van der Waals surface area contributed by atoms with Crippen LogP contribution in [0.3, 0.4) is 0 Å². The number of halogens is 1. The highest BCUT2D eigenvalue weighted by atomic mass is 79.9. The highest BCUT2D eigenvalue weighted by molar-refractivity contribution is 9.11. The maximum atomic E-state index is 5.82. The molecule has 3 heteroatoms. The molecule has 1 fully saturated rings. The Balaban J connectivity index is 1.95. The number of dihydropyridines is 1. The lowest BCUT2D eigenvalue weighted by atomic mass is 9.86. The van der Waals surface area contributed by atoms with Crippen LogP contribution in [0.25, 0.3) is 0 Å². The molecule has 3 aliphatic rings. The quantitative estimate of drug-likeness (QED) is 0.648. The van der Waals surface area contributed by atoms with Gasteiger partial charge in [-0.2, -0.15) is 0 Å². The first-order valence-electron chi connectivity index (χ1n) is 4.75. The summed E-state index contributed by atoms with van der Waals surface area (Å²) in [6.45, 7) is 0. The summed E-state index contributed by atoms with van der Waals surface area (Å²) in [6.07, 6.45) is 12.6. The number of nitrogens with zero attached hydrogens (tertiary/aromatic N) is 1. The predicted octanol–water partition coefficient (Wildman–Crippen LogP) is 2.43. The Morgan fingerprint density at radius 2 is 2.21 bits per heavy atom. The average molecular weight is 252 g/mol. The second kappa shape index (κ2) is 3.17. The number of hydrogen-bond acceptors (Lipinski definition) is 2. The SMILES string of the molecule is BrC1=CC2C(C=C1)OC1N=CC=CC12. The molecule has 0 N–H and O–H groups in total. The molecule has 4 unspecified atom stereocenters. The van der Waals surface area contributed by atoms with Gasteiger partial charge in [-0.25, -0.2) is 0 Å². The Bertz CT molecular complexity index is 369. The van der Waals surface area contributed by atoms with Crippen LogP contribution in [0.2, 0.25) is 0 Å². The molecule has 0 amide bonds. The summed E-state index contributed by atoms with van der Waals surface area (Å²) in [5.41, 5.74) is 0. The molecule has 2 aliphatic heterocycles. The standard InChI is InChI=1S/C11H10BrNO/c12-7-3-4-10-9(6-7)8-2-1-5-13-11(8)14-10/h1-6,8-11H. The molecule has 0 aromatic heterocycles. The van der Waals surface area contributed by atoms with Crippen LogP contribution in [0.5, 0.6) is 0 Å². The van der Waals surface area contributed by atoms with Crippen LogP contribution < -0.4 is 0 Å². The van der Waals surface area contributed by atoms with Crippen LogP contribution >= 0.6 is 15.9 Å². The van der Waals surface area contributed by atoms with Crippen molar-refractivity contribution in [2.45, 2.75) is 12.3 Å². The molecule has 0 saturated carbocycles. The van der Waals surface area contributed by atoms with Gasteiger partial charge in [0, 0.05) is 22.5 Å². The van der Waals surface area contributed by atoms with Gasteiger partial charge in [-0.05, 0) is 12.2 Å². The summed E-state index contributed by atoms with van der Waals surface area (Å²) in [4.78, 5) is 4.33. The molecule has 2 nitrogen and oxygen atoms in total. The Kier molecular flexibility index (Phi) is 1.96. The maximum absolute atomic E-state index is 5.82. The number of ether oxygens (including phenoxy) is 1. The van der Waals surface area contributed by atoms with Crippen molar-refractivity contribution in [1.29, 1.82) is 0 Å². The van der Waals surface area contributed by atoms with E-state index in [0.717, 1.165) is 4.48 Å². The Hall–Kier alpha value is -0.670. The monoisotopic (exact) mass is 251 g/mol. The fourth-order valence-electron chi connectivity index (χ4n) is 2.23. The maximum Gasteiger partial charge on any atom is 0.155 e. The van der Waals surface area contributed by atoms with Crippen molar-refractivity contribution in [3.05, 3.63) is 34.9 Å². The second-order valence-corrected chi connectivity index (χ2v) is 4.66. The zero-order valence-electron chi connectivity index (χ0n) is 7.51. The third-order valence-electron chi connectivity index (χ3n) is 2.90. The first kappa shape index (κ1) is 8.62. The molecule has 4 atom stereocenters. The van der Waals surface area contributed by atoms with Crippen LogP contribution in [0, 0.1) is 11.8 Å². The molecule has 0 bridgehead atoms. The second-order valence-electron chi connectivity index (χ2n) is 3.74. The highest BCUT2D eigenvalue weighted by Gasteiger charge is 2.42. The van der Waals surface area contributed by atoms with E-state index < -0.39 is 0 Å². The van der Waals surface area contributed by atoms with Gasteiger partial charge in [0.2, 0.25) is 0 Å². The van der Waals surface area contributed by atoms with Crippen molar-refractivity contribution in [2.75, 3.05) is 0 Å². The lowest BCUT2D eigenvalue weighted by Gasteiger charge is -2.19. The number of rotatable bonds is 0. The zero-order chi connectivity index (χ0) is 9.54. The van der Waals surface area contributed by atoms with Gasteiger partial charge in [0.05, 0.1) is 6.10 Å². The average Bonchev–Trinajstić information content (AvgIpc) is 2.56. The minimum atomic E-state index is 0.0225. The van der Waals surface area contributed by atoms with E-state index in [1.54, 1.807) is 0 Å². The number of aliphatic imine (C=N–C) groups is 1. The van der Waals surface area contributed by atoms with E-state index in [-0.39, 0.29) is 12.3 Å². The van der Waals surface area contributed by atoms with Crippen molar-refractivity contribution < 1.29 is 4.74 Å². The molecule has 0 radical (unpaired) electrons. The molecule has 2 heterocycles. The van der Waals surface area contributed by atoms with Crippen LogP contribution in [0.4, 0.5) is 0 Å². The van der Waals surface area contributed by atoms with E-state index in [1.807, 2.05) is 18.4 Å². The van der Waals surface area contributed by atoms with Gasteiger partial charge in [0.1, 0.15) is 0 Å². The molecule has 0 aromatic carbocycles. The number of fused-ring (bicyclic) bond motifs is 3. The highest BCUT2D eigenvalue weighted by Crippen LogP contribution is 2.40. The Morgan fingerprint density at radius 3 is 3.14 bits per heavy atom. The summed E-state index contributed by atoms with van der Waals surface area (Å²) in [6, 6.07) is 0. The van der Waals surface area contributed by atoms with Crippen molar-refractivity contribution in [1.82, 2.24) is 0 Å². The molecule has 0 aromatic rings. The summed E-state index contributed by atoms with van der Waals surface area (Å²) in [7, 11) is 0. The van der Waals surface area contributed by atoms with Gasteiger partial charge < -0.3 is 4.74 Å². The molecular formula is C11H10BrNO. The summed E-state index contributed by atoms with van der Waals surface area (Å²) in [5, 5.41) is 0. The largest absolute Gasteiger partial charge is 0.348 e. The molecule has 14 heavy (non-hydrogen) atoms. The lowest BCUT2D eigenvalue weighted by molar-refractivity contribution is 0.0655. The van der Waals surface area contributed by atoms with E-state index >= 15 is 0 Å². The molecule has 3 rings (SSSR count). The number of hydrogen-bond donors (Lipinski definition) is 0. The van der Waals surface area contributed by atoms with Gasteiger partial charge in [-0.1, -0.05) is 34.2 Å². The third-order valence-corrected chi connectivity index (χ3v) is 3.43. The lowest BCUT2D eigenvalue weighted by Crippen LogP contribution is -2.20. The third kappa shape index (κ3) is 1.23. The van der Waals surface area contributed by atoms with Gasteiger partial charge in [-0.3, -0.25) is 4.99 Å². The summed E-state index contributed by atoms with van der Waals surface area (Å²) < 4.78 is 6.96. The van der Waals surface area contributed by atoms with Crippen molar-refractivity contribution >= 4 is 22.1 Å². The van der Waals surface area contributed by atoms with E-state index in [4.69, 9.17) is 4.74 Å². The van der Waals surface area contributed by atoms with Crippen molar-refractivity contribution in [2.24, 2.45) is 16.8 Å². The van der Waals surface area contributed by atoms with Gasteiger partial charge in [-0.15, -0.1) is 0 Å². The molecular weight excluding hydrogens is 242 g/mol. The zero-order valence-corrected chi connectivity index (χ0v) is 9.09. The molecule has 1 saturated heterocycles. The fourth-order valence-corrected chi connectivity index (χ4v) is 2.69. The van der Waals surface area contributed by atoms with Crippen molar-refractivity contribution in [3.8, 4) is 0 Å². The first-order valence-corrected chi connectivity index (χ1v) is 5.55. The van der Waals surface area contributed by atoms with Gasteiger partial charge in [0.25, 0.3) is 0 Å². The summed E-state index contributed by atoms with van der Waals surface area (Å²) in [5.74, 6) is 0.843. The normalized spacial score (nSPS) is 43.4. The van der Waals surface area contributed by atoms with Crippen LogP contribution in [0.1, 0.15) is 0 Å². The Morgan fingerprint density at radius 1 is 1.29 bits per heavy atom. The first-order chi connectivity index (χ1) is 6.84. The minimum Gasteiger partial charge on any atom is -0.348 e. The van der Waals surface area contributed by atoms with Gasteiger partial charge >= 0.3 is 0 Å². The Labute approximate surface area is 91.2 Å². The minimum absolute atomic E-state index is 0.0225. The van der Waals surface area contributed by atoms with E-state index in [2.05, 4.69) is 39.2 Å². The van der Waals surface area contributed by atoms with Gasteiger partial charge in [0.15, 0.2) is 6.23 Å². The van der Waals surface area contributed by atoms with Crippen LogP contribution in [-0.2, 0) is 4.74 Å². The fraction of sp³-hybridized carbons (Fsp3) is 0.364. The number of allylic oxidation sites excluding steroid dienone is 3.